The number of hydrogen-bond acceptors (Lipinski definition) is 4. The Morgan fingerprint density at radius 1 is 1.36 bits per heavy atom. The lowest BCUT2D eigenvalue weighted by Crippen LogP contribution is -2.10. The van der Waals surface area contributed by atoms with Gasteiger partial charge in [0.1, 0.15) is 0 Å². The average Bonchev–Trinajstić information content (AvgIpc) is 3.14. The minimum atomic E-state index is -0.215. The summed E-state index contributed by atoms with van der Waals surface area (Å²) in [5.41, 5.74) is 3.09. The van der Waals surface area contributed by atoms with E-state index in [0.717, 1.165) is 22.6 Å². The number of benzene rings is 1. The van der Waals surface area contributed by atoms with Crippen LogP contribution in [-0.4, -0.2) is 22.5 Å². The number of rotatable bonds is 6. The van der Waals surface area contributed by atoms with Crippen molar-refractivity contribution in [3.05, 3.63) is 52.1 Å². The molecule has 1 aromatic carbocycles. The Bertz CT molecular complexity index is 776. The number of ether oxygens (including phenoxy) is 1. The normalized spacial score (nSPS) is 11.0. The number of para-hydroxylation sites is 1. The minimum Gasteiger partial charge on any atom is -0.465 e. The van der Waals surface area contributed by atoms with Gasteiger partial charge in [0, 0.05) is 28.9 Å². The Morgan fingerprint density at radius 2 is 2.23 bits per heavy atom. The third-order valence-corrected chi connectivity index (χ3v) is 4.58. The van der Waals surface area contributed by atoms with Gasteiger partial charge in [-0.1, -0.05) is 25.1 Å². The number of hydrogen-bond donors (Lipinski definition) is 1. The molecule has 0 fully saturated rings. The van der Waals surface area contributed by atoms with Crippen LogP contribution in [0.5, 0.6) is 0 Å². The Balaban J connectivity index is 1.51. The van der Waals surface area contributed by atoms with E-state index in [9.17, 15) is 4.79 Å². The van der Waals surface area contributed by atoms with Gasteiger partial charge in [0.15, 0.2) is 0 Å². The highest BCUT2D eigenvalue weighted by Crippen LogP contribution is 2.18. The standard InChI is InChI=1S/C17H18N2O2S/c1-2-16-19-13(11-22-16)9-17(20)21-8-7-12-10-18-15-6-4-3-5-14(12)15/h3-6,10-11,18H,2,7-9H2,1H3. The van der Waals surface area contributed by atoms with Gasteiger partial charge in [0.2, 0.25) is 0 Å². The van der Waals surface area contributed by atoms with E-state index in [4.69, 9.17) is 4.74 Å². The Kier molecular flexibility index (Phi) is 4.53. The van der Waals surface area contributed by atoms with Crippen LogP contribution in [0.25, 0.3) is 10.9 Å². The number of nitrogens with zero attached hydrogens (tertiary/aromatic N) is 1. The average molecular weight is 314 g/mol. The predicted molar refractivity (Wildman–Crippen MR) is 88.2 cm³/mol. The lowest BCUT2D eigenvalue weighted by Gasteiger charge is -2.03. The topological polar surface area (TPSA) is 55.0 Å². The molecule has 2 heterocycles. The van der Waals surface area contributed by atoms with E-state index >= 15 is 0 Å². The molecule has 0 spiro atoms. The molecule has 1 N–H and O–H groups in total. The molecule has 0 amide bonds. The van der Waals surface area contributed by atoms with E-state index in [-0.39, 0.29) is 12.4 Å². The van der Waals surface area contributed by atoms with Gasteiger partial charge in [-0.05, 0) is 18.1 Å². The zero-order chi connectivity index (χ0) is 15.4. The third kappa shape index (κ3) is 3.36. The summed E-state index contributed by atoms with van der Waals surface area (Å²) in [6.07, 6.45) is 3.85. The van der Waals surface area contributed by atoms with Crippen molar-refractivity contribution in [2.24, 2.45) is 0 Å². The van der Waals surface area contributed by atoms with E-state index < -0.39 is 0 Å². The maximum atomic E-state index is 11.8. The molecule has 114 valence electrons. The van der Waals surface area contributed by atoms with Crippen molar-refractivity contribution in [2.45, 2.75) is 26.2 Å². The van der Waals surface area contributed by atoms with Crippen molar-refractivity contribution >= 4 is 28.2 Å². The number of thiazole rings is 1. The number of aromatic nitrogens is 2. The lowest BCUT2D eigenvalue weighted by atomic mass is 10.1. The van der Waals surface area contributed by atoms with Gasteiger partial charge >= 0.3 is 5.97 Å². The van der Waals surface area contributed by atoms with Crippen LogP contribution in [-0.2, 0) is 28.8 Å². The Labute approximate surface area is 133 Å². The van der Waals surface area contributed by atoms with Crippen molar-refractivity contribution in [3.63, 3.8) is 0 Å². The molecule has 4 nitrogen and oxygen atoms in total. The highest BCUT2D eigenvalue weighted by Gasteiger charge is 2.09. The first-order valence-electron chi connectivity index (χ1n) is 7.40. The molecule has 0 saturated heterocycles. The van der Waals surface area contributed by atoms with Crippen molar-refractivity contribution in [2.75, 3.05) is 6.61 Å². The van der Waals surface area contributed by atoms with E-state index in [1.165, 1.54) is 10.9 Å². The van der Waals surface area contributed by atoms with Crippen LogP contribution in [0.1, 0.15) is 23.2 Å². The second-order valence-electron chi connectivity index (χ2n) is 5.09. The molecule has 22 heavy (non-hydrogen) atoms. The SMILES string of the molecule is CCc1nc(CC(=O)OCCc2c[nH]c3ccccc23)cs1. The van der Waals surface area contributed by atoms with Crippen molar-refractivity contribution < 1.29 is 9.53 Å². The van der Waals surface area contributed by atoms with Crippen molar-refractivity contribution in [1.29, 1.82) is 0 Å². The van der Waals surface area contributed by atoms with E-state index in [1.807, 2.05) is 29.8 Å². The van der Waals surface area contributed by atoms with Gasteiger partial charge in [-0.25, -0.2) is 4.98 Å². The maximum Gasteiger partial charge on any atom is 0.311 e. The molecular formula is C17H18N2O2S. The molecule has 0 atom stereocenters. The smallest absolute Gasteiger partial charge is 0.311 e. The Hall–Kier alpha value is -2.14. The van der Waals surface area contributed by atoms with E-state index in [0.29, 0.717) is 13.0 Å². The number of aryl methyl sites for hydroxylation is 1. The second kappa shape index (κ2) is 6.75. The summed E-state index contributed by atoms with van der Waals surface area (Å²) in [7, 11) is 0. The van der Waals surface area contributed by atoms with Crippen LogP contribution in [0.4, 0.5) is 0 Å². The van der Waals surface area contributed by atoms with Gasteiger partial charge in [-0.2, -0.15) is 0 Å². The van der Waals surface area contributed by atoms with Crippen LogP contribution in [0.15, 0.2) is 35.8 Å². The Morgan fingerprint density at radius 3 is 3.05 bits per heavy atom. The van der Waals surface area contributed by atoms with Crippen LogP contribution in [0.2, 0.25) is 0 Å². The van der Waals surface area contributed by atoms with Gasteiger partial charge in [0.05, 0.1) is 23.7 Å². The summed E-state index contributed by atoms with van der Waals surface area (Å²) in [5, 5.41) is 4.17. The highest BCUT2D eigenvalue weighted by atomic mass is 32.1. The molecule has 2 aromatic heterocycles. The van der Waals surface area contributed by atoms with Crippen LogP contribution in [0, 0.1) is 0 Å². The monoisotopic (exact) mass is 314 g/mol. The van der Waals surface area contributed by atoms with Crippen LogP contribution in [0.3, 0.4) is 0 Å². The molecule has 0 saturated carbocycles. The molecule has 0 radical (unpaired) electrons. The number of aromatic amines is 1. The first-order valence-corrected chi connectivity index (χ1v) is 8.28. The van der Waals surface area contributed by atoms with Crippen LogP contribution < -0.4 is 0 Å². The molecular weight excluding hydrogens is 296 g/mol. The highest BCUT2D eigenvalue weighted by molar-refractivity contribution is 7.09. The quantitative estimate of drug-likeness (QED) is 0.708. The summed E-state index contributed by atoms with van der Waals surface area (Å²) < 4.78 is 5.32. The molecule has 0 aliphatic heterocycles. The first kappa shape index (κ1) is 14.8. The summed E-state index contributed by atoms with van der Waals surface area (Å²) in [6.45, 7) is 2.45. The summed E-state index contributed by atoms with van der Waals surface area (Å²) in [4.78, 5) is 19.4. The van der Waals surface area contributed by atoms with Gasteiger partial charge < -0.3 is 9.72 Å². The molecule has 0 bridgehead atoms. The fraction of sp³-hybridized carbons (Fsp3) is 0.294. The van der Waals surface area contributed by atoms with Gasteiger partial charge in [0.25, 0.3) is 0 Å². The molecule has 3 rings (SSSR count). The van der Waals surface area contributed by atoms with Crippen molar-refractivity contribution in [3.8, 4) is 0 Å². The predicted octanol–water partition coefficient (Wildman–Crippen LogP) is 3.52. The summed E-state index contributed by atoms with van der Waals surface area (Å²) in [5.74, 6) is -0.215. The largest absolute Gasteiger partial charge is 0.465 e. The third-order valence-electron chi connectivity index (χ3n) is 3.54. The maximum absolute atomic E-state index is 11.8. The molecule has 0 unspecified atom stereocenters. The molecule has 0 aliphatic rings. The first-order chi connectivity index (χ1) is 10.8. The second-order valence-corrected chi connectivity index (χ2v) is 6.04. The lowest BCUT2D eigenvalue weighted by molar-refractivity contribution is -0.142. The van der Waals surface area contributed by atoms with E-state index in [1.54, 1.807) is 11.3 Å². The fourth-order valence-electron chi connectivity index (χ4n) is 2.40. The van der Waals surface area contributed by atoms with Gasteiger partial charge in [-0.15, -0.1) is 11.3 Å². The fourth-order valence-corrected chi connectivity index (χ4v) is 3.15. The minimum absolute atomic E-state index is 0.215. The molecule has 5 heteroatoms. The number of fused-ring (bicyclic) bond motifs is 1. The molecule has 0 aliphatic carbocycles. The zero-order valence-electron chi connectivity index (χ0n) is 12.5. The number of esters is 1. The van der Waals surface area contributed by atoms with E-state index in [2.05, 4.69) is 23.0 Å². The number of carbonyl (C=O) groups is 1. The number of carbonyl (C=O) groups excluding carboxylic acids is 1. The number of nitrogens with one attached hydrogen (secondary N) is 1. The van der Waals surface area contributed by atoms with Crippen molar-refractivity contribution in [1.82, 2.24) is 9.97 Å². The van der Waals surface area contributed by atoms with Gasteiger partial charge in [-0.3, -0.25) is 4.79 Å². The zero-order valence-corrected chi connectivity index (χ0v) is 13.3. The summed E-state index contributed by atoms with van der Waals surface area (Å²) >= 11 is 1.59. The summed E-state index contributed by atoms with van der Waals surface area (Å²) in [6, 6.07) is 8.13. The number of H-pyrrole nitrogens is 1. The molecule has 3 aromatic rings. The van der Waals surface area contributed by atoms with Crippen LogP contribution >= 0.6 is 11.3 Å².